The third-order valence-electron chi connectivity index (χ3n) is 5.66. The van der Waals surface area contributed by atoms with Gasteiger partial charge < -0.3 is 14.6 Å². The summed E-state index contributed by atoms with van der Waals surface area (Å²) in [5.41, 5.74) is 2.02. The second-order valence-electron chi connectivity index (χ2n) is 7.49. The third-order valence-corrected chi connectivity index (χ3v) is 6.65. The van der Waals surface area contributed by atoms with Gasteiger partial charge in [-0.15, -0.1) is 0 Å². The zero-order chi connectivity index (χ0) is 20.0. The molecule has 150 valence electrons. The monoisotopic (exact) mass is 412 g/mol. The molecule has 0 atom stereocenters. The highest BCUT2D eigenvalue weighted by molar-refractivity contribution is 7.15. The summed E-state index contributed by atoms with van der Waals surface area (Å²) in [6.07, 6.45) is 3.64. The number of amides is 2. The fraction of sp³-hybridized carbons (Fsp3) is 0.400. The minimum atomic E-state index is -0.531. The van der Waals surface area contributed by atoms with Crippen molar-refractivity contribution < 1.29 is 14.0 Å². The maximum atomic E-state index is 12.8. The number of anilines is 1. The fourth-order valence-corrected chi connectivity index (χ4v) is 4.77. The van der Waals surface area contributed by atoms with Crippen LogP contribution in [-0.2, 0) is 29.1 Å². The van der Waals surface area contributed by atoms with E-state index in [9.17, 15) is 14.4 Å². The van der Waals surface area contributed by atoms with Gasteiger partial charge in [0.05, 0.1) is 17.8 Å². The van der Waals surface area contributed by atoms with E-state index in [-0.39, 0.29) is 24.3 Å². The van der Waals surface area contributed by atoms with Crippen LogP contribution in [0.1, 0.15) is 29.8 Å². The van der Waals surface area contributed by atoms with Crippen LogP contribution in [0.25, 0.3) is 11.1 Å². The first-order chi connectivity index (χ1) is 14.1. The van der Waals surface area contributed by atoms with Crippen molar-refractivity contribution in [1.29, 1.82) is 0 Å². The zero-order valence-corrected chi connectivity index (χ0v) is 16.5. The molecule has 3 aromatic rings. The number of carbonyl (C=O) groups is 2. The van der Waals surface area contributed by atoms with Crippen molar-refractivity contribution >= 4 is 39.4 Å². The van der Waals surface area contributed by atoms with Crippen molar-refractivity contribution in [3.05, 3.63) is 45.4 Å². The van der Waals surface area contributed by atoms with E-state index >= 15 is 0 Å². The molecule has 9 heteroatoms. The van der Waals surface area contributed by atoms with Crippen LogP contribution < -0.4 is 11.1 Å². The lowest BCUT2D eigenvalue weighted by molar-refractivity contribution is -0.132. The van der Waals surface area contributed by atoms with Crippen molar-refractivity contribution in [2.75, 3.05) is 11.9 Å². The maximum absolute atomic E-state index is 12.8. The Morgan fingerprint density at radius 3 is 2.90 bits per heavy atom. The number of para-hydroxylation sites is 2. The summed E-state index contributed by atoms with van der Waals surface area (Å²) in [6.45, 7) is 0.918. The highest BCUT2D eigenvalue weighted by Gasteiger charge is 2.28. The first-order valence-electron chi connectivity index (χ1n) is 9.74. The number of carbonyl (C=O) groups excluding carboxylic acids is 2. The average Bonchev–Trinajstić information content (AvgIpc) is 3.19. The Morgan fingerprint density at radius 2 is 2.10 bits per heavy atom. The molecule has 1 fully saturated rings. The van der Waals surface area contributed by atoms with Crippen LogP contribution >= 0.6 is 11.3 Å². The molecule has 2 aliphatic rings. The van der Waals surface area contributed by atoms with Gasteiger partial charge >= 0.3 is 5.76 Å². The molecule has 1 N–H and O–H groups in total. The number of nitrogens with zero attached hydrogens (tertiary/aromatic N) is 3. The SMILES string of the molecule is O=C(Nc1nc2c(s1)CN(C(=O)Cn1c(=O)oc3ccccc31)CC2)C1CCC1. The number of hydrogen-bond donors (Lipinski definition) is 1. The number of oxazole rings is 1. The summed E-state index contributed by atoms with van der Waals surface area (Å²) in [4.78, 5) is 44.3. The van der Waals surface area contributed by atoms with Gasteiger partial charge in [0.15, 0.2) is 10.7 Å². The molecule has 0 unspecified atom stereocenters. The van der Waals surface area contributed by atoms with E-state index in [1.54, 1.807) is 23.1 Å². The smallest absolute Gasteiger partial charge is 0.408 e. The van der Waals surface area contributed by atoms with E-state index in [0.29, 0.717) is 35.7 Å². The average molecular weight is 412 g/mol. The van der Waals surface area contributed by atoms with Crippen molar-refractivity contribution in [3.63, 3.8) is 0 Å². The van der Waals surface area contributed by atoms with Gasteiger partial charge in [-0.25, -0.2) is 9.78 Å². The van der Waals surface area contributed by atoms with Gasteiger partial charge in [0.25, 0.3) is 0 Å². The Labute approximate surface area is 170 Å². The van der Waals surface area contributed by atoms with E-state index in [2.05, 4.69) is 10.3 Å². The molecule has 3 heterocycles. The van der Waals surface area contributed by atoms with Crippen LogP contribution in [0.15, 0.2) is 33.5 Å². The first kappa shape index (κ1) is 18.1. The van der Waals surface area contributed by atoms with E-state index in [4.69, 9.17) is 4.42 Å². The highest BCUT2D eigenvalue weighted by Crippen LogP contribution is 2.31. The van der Waals surface area contributed by atoms with Crippen LogP contribution in [0.2, 0.25) is 0 Å². The molecule has 29 heavy (non-hydrogen) atoms. The molecule has 0 bridgehead atoms. The number of aromatic nitrogens is 2. The van der Waals surface area contributed by atoms with E-state index < -0.39 is 5.76 Å². The summed E-state index contributed by atoms with van der Waals surface area (Å²) >= 11 is 1.43. The molecular weight excluding hydrogens is 392 g/mol. The van der Waals surface area contributed by atoms with E-state index in [1.165, 1.54) is 15.9 Å². The van der Waals surface area contributed by atoms with Crippen LogP contribution in [-0.4, -0.2) is 32.8 Å². The van der Waals surface area contributed by atoms with E-state index in [0.717, 1.165) is 29.8 Å². The van der Waals surface area contributed by atoms with Gasteiger partial charge in [-0.05, 0) is 25.0 Å². The Kier molecular flexibility index (Phi) is 4.46. The van der Waals surface area contributed by atoms with Crippen LogP contribution in [0.5, 0.6) is 0 Å². The predicted molar refractivity (Wildman–Crippen MR) is 108 cm³/mol. The lowest BCUT2D eigenvalue weighted by Gasteiger charge is -2.26. The summed E-state index contributed by atoms with van der Waals surface area (Å²) < 4.78 is 6.57. The highest BCUT2D eigenvalue weighted by atomic mass is 32.1. The molecule has 1 aliphatic heterocycles. The second kappa shape index (κ2) is 7.14. The Hall–Kier alpha value is -2.94. The minimum Gasteiger partial charge on any atom is -0.408 e. The Balaban J connectivity index is 1.29. The summed E-state index contributed by atoms with van der Waals surface area (Å²) in [6, 6.07) is 7.07. The number of nitrogens with one attached hydrogen (secondary N) is 1. The number of fused-ring (bicyclic) bond motifs is 2. The van der Waals surface area contributed by atoms with Crippen molar-refractivity contribution in [3.8, 4) is 0 Å². The summed E-state index contributed by atoms with van der Waals surface area (Å²) in [5, 5.41) is 3.53. The van der Waals surface area contributed by atoms with Gasteiger partial charge in [0.1, 0.15) is 6.54 Å². The van der Waals surface area contributed by atoms with Gasteiger partial charge in [-0.3, -0.25) is 14.2 Å². The van der Waals surface area contributed by atoms with Crippen molar-refractivity contribution in [1.82, 2.24) is 14.5 Å². The quantitative estimate of drug-likeness (QED) is 0.710. The van der Waals surface area contributed by atoms with Gasteiger partial charge in [-0.2, -0.15) is 0 Å². The molecule has 0 spiro atoms. The zero-order valence-electron chi connectivity index (χ0n) is 15.7. The largest absolute Gasteiger partial charge is 0.420 e. The topological polar surface area (TPSA) is 97.4 Å². The second-order valence-corrected chi connectivity index (χ2v) is 8.58. The maximum Gasteiger partial charge on any atom is 0.420 e. The molecule has 8 nitrogen and oxygen atoms in total. The number of hydrogen-bond acceptors (Lipinski definition) is 6. The normalized spacial score (nSPS) is 16.5. The fourth-order valence-electron chi connectivity index (χ4n) is 3.74. The Bertz CT molecular complexity index is 1160. The molecular formula is C20H20N4O4S. The van der Waals surface area contributed by atoms with Gasteiger partial charge in [0.2, 0.25) is 11.8 Å². The molecule has 5 rings (SSSR count). The lowest BCUT2D eigenvalue weighted by atomic mass is 9.85. The Morgan fingerprint density at radius 1 is 1.28 bits per heavy atom. The summed E-state index contributed by atoms with van der Waals surface area (Å²) in [7, 11) is 0. The van der Waals surface area contributed by atoms with Crippen molar-refractivity contribution in [2.45, 2.75) is 38.8 Å². The van der Waals surface area contributed by atoms with Crippen LogP contribution in [0, 0.1) is 5.92 Å². The first-order valence-corrected chi connectivity index (χ1v) is 10.6. The molecule has 1 aromatic carbocycles. The predicted octanol–water partition coefficient (Wildman–Crippen LogP) is 2.37. The van der Waals surface area contributed by atoms with Crippen LogP contribution in [0.3, 0.4) is 0 Å². The molecule has 0 radical (unpaired) electrons. The van der Waals surface area contributed by atoms with Gasteiger partial charge in [0, 0.05) is 23.8 Å². The van der Waals surface area contributed by atoms with Gasteiger partial charge in [-0.1, -0.05) is 29.9 Å². The summed E-state index contributed by atoms with van der Waals surface area (Å²) in [5.74, 6) is -0.521. The van der Waals surface area contributed by atoms with Crippen LogP contribution in [0.4, 0.5) is 5.13 Å². The number of rotatable bonds is 4. The molecule has 2 aromatic heterocycles. The lowest BCUT2D eigenvalue weighted by Crippen LogP contribution is -2.38. The third kappa shape index (κ3) is 3.35. The molecule has 1 aliphatic carbocycles. The number of thiazole rings is 1. The molecule has 1 saturated carbocycles. The van der Waals surface area contributed by atoms with E-state index in [1.807, 2.05) is 6.07 Å². The number of benzene rings is 1. The standard InChI is InChI=1S/C20H20N4O4S/c25-17(11-24-14-6-1-2-7-15(14)28-20(24)27)23-9-8-13-16(10-23)29-19(21-13)22-18(26)12-4-3-5-12/h1-2,6-7,12H,3-5,8-11H2,(H,21,22,26). The minimum absolute atomic E-state index is 0.0430. The van der Waals surface area contributed by atoms with Crippen molar-refractivity contribution in [2.24, 2.45) is 5.92 Å². The molecule has 0 saturated heterocycles. The molecule has 2 amide bonds.